The number of hydrogen-bond donors (Lipinski definition) is 2. The summed E-state index contributed by atoms with van der Waals surface area (Å²) < 4.78 is 0. The second kappa shape index (κ2) is 4.66. The predicted octanol–water partition coefficient (Wildman–Crippen LogP) is 1.37. The molecule has 0 spiro atoms. The number of benzene rings is 1. The van der Waals surface area contributed by atoms with Crippen molar-refractivity contribution in [3.8, 4) is 12.3 Å². The summed E-state index contributed by atoms with van der Waals surface area (Å²) in [5.41, 5.74) is 6.81. The Balaban J connectivity index is 2.87. The van der Waals surface area contributed by atoms with Crippen molar-refractivity contribution in [1.29, 1.82) is 0 Å². The van der Waals surface area contributed by atoms with Gasteiger partial charge in [0.1, 0.15) is 0 Å². The number of nitrogens with two attached hydrogens (primary N) is 1. The fourth-order valence-electron chi connectivity index (χ4n) is 0.958. The molecule has 0 heterocycles. The molecular weight excluding hydrogens is 200 g/mol. The van der Waals surface area contributed by atoms with Crippen molar-refractivity contribution in [2.45, 2.75) is 6.54 Å². The van der Waals surface area contributed by atoms with E-state index in [1.165, 1.54) is 0 Å². The summed E-state index contributed by atoms with van der Waals surface area (Å²) in [4.78, 5) is 10.8. The lowest BCUT2D eigenvalue weighted by atomic mass is 10.2. The fraction of sp³-hybridized carbons (Fsp3) is 0.100. The maximum atomic E-state index is 10.8. The van der Waals surface area contributed by atoms with E-state index in [1.54, 1.807) is 18.2 Å². The lowest BCUT2D eigenvalue weighted by Gasteiger charge is -2.04. The maximum absolute atomic E-state index is 10.8. The molecule has 14 heavy (non-hydrogen) atoms. The first-order valence-electron chi connectivity index (χ1n) is 3.93. The van der Waals surface area contributed by atoms with Gasteiger partial charge in [-0.1, -0.05) is 17.7 Å². The molecule has 0 unspecified atom stereocenters. The maximum Gasteiger partial charge on any atom is 0.300 e. The number of anilines is 1. The standard InChI is InChI=1S/C10H9ClN2O/c1-2-10(14)13-8-4-3-7(6-12)9(11)5-8/h1,3-5H,6,12H2,(H,13,14). The Labute approximate surface area is 87.2 Å². The van der Waals surface area contributed by atoms with Crippen LogP contribution >= 0.6 is 11.6 Å². The molecule has 0 bridgehead atoms. The molecule has 0 radical (unpaired) electrons. The molecule has 0 aliphatic heterocycles. The predicted molar refractivity (Wildman–Crippen MR) is 56.8 cm³/mol. The monoisotopic (exact) mass is 208 g/mol. The molecule has 1 amide bonds. The highest BCUT2D eigenvalue weighted by atomic mass is 35.5. The Bertz CT molecular complexity index is 396. The summed E-state index contributed by atoms with van der Waals surface area (Å²) in [6.07, 6.45) is 4.90. The average molecular weight is 209 g/mol. The van der Waals surface area contributed by atoms with E-state index >= 15 is 0 Å². The van der Waals surface area contributed by atoms with Gasteiger partial charge in [0.15, 0.2) is 0 Å². The Morgan fingerprint density at radius 1 is 1.64 bits per heavy atom. The van der Waals surface area contributed by atoms with Crippen LogP contribution in [0.1, 0.15) is 5.56 Å². The van der Waals surface area contributed by atoms with Crippen LogP contribution in [0, 0.1) is 12.3 Å². The molecule has 0 aromatic heterocycles. The third kappa shape index (κ3) is 2.49. The molecule has 3 nitrogen and oxygen atoms in total. The minimum absolute atomic E-state index is 0.363. The largest absolute Gasteiger partial charge is 0.326 e. The molecule has 3 N–H and O–H groups in total. The Hall–Kier alpha value is -1.50. The van der Waals surface area contributed by atoms with E-state index < -0.39 is 5.91 Å². The molecule has 0 saturated carbocycles. The summed E-state index contributed by atoms with van der Waals surface area (Å²) in [6, 6.07) is 5.05. The molecule has 1 rings (SSSR count). The van der Waals surface area contributed by atoms with Gasteiger partial charge in [-0.15, -0.1) is 6.42 Å². The molecule has 0 fully saturated rings. The molecule has 4 heteroatoms. The van der Waals surface area contributed by atoms with Gasteiger partial charge in [0.05, 0.1) is 0 Å². The number of hydrogen-bond acceptors (Lipinski definition) is 2. The van der Waals surface area contributed by atoms with Crippen molar-refractivity contribution in [2.24, 2.45) is 5.73 Å². The highest BCUT2D eigenvalue weighted by Gasteiger charge is 2.01. The summed E-state index contributed by atoms with van der Waals surface area (Å²) in [7, 11) is 0. The van der Waals surface area contributed by atoms with Crippen molar-refractivity contribution in [3.63, 3.8) is 0 Å². The molecule has 0 aliphatic carbocycles. The van der Waals surface area contributed by atoms with E-state index in [-0.39, 0.29) is 0 Å². The van der Waals surface area contributed by atoms with Crippen LogP contribution in [0.25, 0.3) is 0 Å². The zero-order valence-electron chi connectivity index (χ0n) is 7.38. The third-order valence-electron chi connectivity index (χ3n) is 1.66. The fourth-order valence-corrected chi connectivity index (χ4v) is 1.22. The number of rotatable bonds is 2. The van der Waals surface area contributed by atoms with Gasteiger partial charge in [0.25, 0.3) is 5.91 Å². The van der Waals surface area contributed by atoms with Crippen LogP contribution in [-0.4, -0.2) is 5.91 Å². The molecule has 72 valence electrons. The van der Waals surface area contributed by atoms with Crippen LogP contribution < -0.4 is 11.1 Å². The summed E-state index contributed by atoms with van der Waals surface area (Å²) >= 11 is 5.87. The van der Waals surface area contributed by atoms with E-state index in [2.05, 4.69) is 5.32 Å². The second-order valence-electron chi connectivity index (χ2n) is 2.61. The van der Waals surface area contributed by atoms with E-state index in [9.17, 15) is 4.79 Å². The minimum atomic E-state index is -0.499. The van der Waals surface area contributed by atoms with Gasteiger partial charge in [-0.25, -0.2) is 0 Å². The van der Waals surface area contributed by atoms with Gasteiger partial charge < -0.3 is 11.1 Å². The summed E-state index contributed by atoms with van der Waals surface area (Å²) in [6.45, 7) is 0.363. The average Bonchev–Trinajstić information content (AvgIpc) is 2.18. The Kier molecular flexibility index (Phi) is 3.52. The van der Waals surface area contributed by atoms with Crippen LogP contribution in [0.5, 0.6) is 0 Å². The number of terminal acetylenes is 1. The van der Waals surface area contributed by atoms with Crippen molar-refractivity contribution < 1.29 is 4.79 Å². The number of halogens is 1. The van der Waals surface area contributed by atoms with Gasteiger partial charge in [-0.3, -0.25) is 4.79 Å². The minimum Gasteiger partial charge on any atom is -0.326 e. The zero-order chi connectivity index (χ0) is 10.6. The number of nitrogens with one attached hydrogen (secondary N) is 1. The third-order valence-corrected chi connectivity index (χ3v) is 2.01. The molecule has 1 aromatic carbocycles. The van der Waals surface area contributed by atoms with E-state index in [0.29, 0.717) is 17.3 Å². The molecular formula is C10H9ClN2O. The highest BCUT2D eigenvalue weighted by molar-refractivity contribution is 6.31. The number of carbonyl (C=O) groups excluding carboxylic acids is 1. The highest BCUT2D eigenvalue weighted by Crippen LogP contribution is 2.20. The first-order valence-corrected chi connectivity index (χ1v) is 4.31. The van der Waals surface area contributed by atoms with Gasteiger partial charge in [-0.2, -0.15) is 0 Å². The van der Waals surface area contributed by atoms with Crippen LogP contribution in [0.3, 0.4) is 0 Å². The SMILES string of the molecule is C#CC(=O)Nc1ccc(CN)c(Cl)c1. The van der Waals surface area contributed by atoms with Crippen LogP contribution in [-0.2, 0) is 11.3 Å². The zero-order valence-corrected chi connectivity index (χ0v) is 8.14. The number of amides is 1. The quantitative estimate of drug-likeness (QED) is 0.722. The van der Waals surface area contributed by atoms with Crippen LogP contribution in [0.15, 0.2) is 18.2 Å². The smallest absolute Gasteiger partial charge is 0.300 e. The van der Waals surface area contributed by atoms with E-state index in [0.717, 1.165) is 5.56 Å². The van der Waals surface area contributed by atoms with Crippen molar-refractivity contribution >= 4 is 23.2 Å². The van der Waals surface area contributed by atoms with E-state index in [1.807, 2.05) is 5.92 Å². The molecule has 0 saturated heterocycles. The molecule has 0 atom stereocenters. The van der Waals surface area contributed by atoms with Gasteiger partial charge >= 0.3 is 0 Å². The van der Waals surface area contributed by atoms with Crippen molar-refractivity contribution in [1.82, 2.24) is 0 Å². The van der Waals surface area contributed by atoms with Gasteiger partial charge in [0, 0.05) is 17.3 Å². The van der Waals surface area contributed by atoms with Crippen LogP contribution in [0.2, 0.25) is 5.02 Å². The Morgan fingerprint density at radius 2 is 2.36 bits per heavy atom. The van der Waals surface area contributed by atoms with Crippen LogP contribution in [0.4, 0.5) is 5.69 Å². The molecule has 1 aromatic rings. The van der Waals surface area contributed by atoms with Crippen molar-refractivity contribution in [3.05, 3.63) is 28.8 Å². The molecule has 0 aliphatic rings. The number of carbonyl (C=O) groups is 1. The van der Waals surface area contributed by atoms with E-state index in [4.69, 9.17) is 23.8 Å². The lowest BCUT2D eigenvalue weighted by Crippen LogP contribution is -2.08. The normalized spacial score (nSPS) is 9.21. The van der Waals surface area contributed by atoms with Gasteiger partial charge in [-0.05, 0) is 23.6 Å². The van der Waals surface area contributed by atoms with Gasteiger partial charge in [0.2, 0.25) is 0 Å². The lowest BCUT2D eigenvalue weighted by molar-refractivity contribution is -0.111. The summed E-state index contributed by atoms with van der Waals surface area (Å²) in [5.74, 6) is 1.45. The van der Waals surface area contributed by atoms with Crippen molar-refractivity contribution in [2.75, 3.05) is 5.32 Å². The second-order valence-corrected chi connectivity index (χ2v) is 3.02. The Morgan fingerprint density at radius 3 is 2.86 bits per heavy atom. The summed E-state index contributed by atoms with van der Waals surface area (Å²) in [5, 5.41) is 3.00. The topological polar surface area (TPSA) is 55.1 Å². The first-order chi connectivity index (χ1) is 6.67. The first kappa shape index (κ1) is 10.6.